The van der Waals surface area contributed by atoms with Gasteiger partial charge < -0.3 is 5.32 Å². The summed E-state index contributed by atoms with van der Waals surface area (Å²) < 4.78 is 1.90. The fourth-order valence-corrected chi connectivity index (χ4v) is 1.90. The predicted molar refractivity (Wildman–Crippen MR) is 76.9 cm³/mol. The Kier molecular flexibility index (Phi) is 3.83. The molecule has 2 aromatic rings. The minimum absolute atomic E-state index is 0.660. The molecule has 0 aliphatic heterocycles. The summed E-state index contributed by atoms with van der Waals surface area (Å²) in [6.07, 6.45) is 2.89. The van der Waals surface area contributed by atoms with Crippen LogP contribution in [0.15, 0.2) is 6.20 Å². The molecular weight excluding hydrogens is 238 g/mol. The molecular formula is C14H21N5. The van der Waals surface area contributed by atoms with Gasteiger partial charge in [-0.3, -0.25) is 0 Å². The Hall–Kier alpha value is -1.91. The van der Waals surface area contributed by atoms with Crippen molar-refractivity contribution in [2.75, 3.05) is 11.9 Å². The number of nitrogens with zero attached hydrogens (tertiary/aromatic N) is 4. The zero-order valence-electron chi connectivity index (χ0n) is 12.3. The van der Waals surface area contributed by atoms with Crippen LogP contribution in [0.3, 0.4) is 0 Å². The van der Waals surface area contributed by atoms with E-state index >= 15 is 0 Å². The summed E-state index contributed by atoms with van der Waals surface area (Å²) in [7, 11) is 0. The van der Waals surface area contributed by atoms with Gasteiger partial charge in [-0.2, -0.15) is 10.1 Å². The lowest BCUT2D eigenvalue weighted by Crippen LogP contribution is -2.10. The van der Waals surface area contributed by atoms with Crippen molar-refractivity contribution < 1.29 is 0 Å². The van der Waals surface area contributed by atoms with E-state index in [4.69, 9.17) is 0 Å². The smallest absolute Gasteiger partial charge is 0.224 e. The van der Waals surface area contributed by atoms with Gasteiger partial charge in [-0.1, -0.05) is 6.92 Å². The molecule has 2 aromatic heterocycles. The van der Waals surface area contributed by atoms with Crippen molar-refractivity contribution in [3.05, 3.63) is 28.7 Å². The van der Waals surface area contributed by atoms with Gasteiger partial charge in [-0.25, -0.2) is 9.67 Å². The third kappa shape index (κ3) is 2.59. The molecule has 2 heterocycles. The van der Waals surface area contributed by atoms with Crippen molar-refractivity contribution in [2.45, 2.75) is 41.0 Å². The van der Waals surface area contributed by atoms with Gasteiger partial charge in [0.05, 0.1) is 5.69 Å². The minimum Gasteiger partial charge on any atom is -0.354 e. The van der Waals surface area contributed by atoms with Crippen LogP contribution in [0.25, 0.3) is 5.82 Å². The quantitative estimate of drug-likeness (QED) is 0.917. The van der Waals surface area contributed by atoms with Crippen LogP contribution in [-0.4, -0.2) is 26.3 Å². The third-order valence-electron chi connectivity index (χ3n) is 3.33. The number of hydrogen-bond donors (Lipinski definition) is 1. The fraction of sp³-hybridized carbons (Fsp3) is 0.500. The summed E-state index contributed by atoms with van der Waals surface area (Å²) in [6, 6.07) is 0. The number of hydrogen-bond acceptors (Lipinski definition) is 4. The summed E-state index contributed by atoms with van der Waals surface area (Å²) in [5.41, 5.74) is 4.40. The Bertz CT molecular complexity index is 586. The molecule has 0 bridgehead atoms. The molecule has 0 aliphatic carbocycles. The summed E-state index contributed by atoms with van der Waals surface area (Å²) in [6.45, 7) is 11.2. The number of aromatic nitrogens is 4. The van der Waals surface area contributed by atoms with Gasteiger partial charge in [0, 0.05) is 24.0 Å². The maximum Gasteiger partial charge on any atom is 0.224 e. The van der Waals surface area contributed by atoms with Gasteiger partial charge in [0.15, 0.2) is 5.82 Å². The van der Waals surface area contributed by atoms with Crippen molar-refractivity contribution >= 4 is 5.95 Å². The highest BCUT2D eigenvalue weighted by Gasteiger charge is 2.13. The van der Waals surface area contributed by atoms with Crippen molar-refractivity contribution in [1.29, 1.82) is 0 Å². The minimum atomic E-state index is 0.660. The van der Waals surface area contributed by atoms with Crippen LogP contribution < -0.4 is 5.32 Å². The highest BCUT2D eigenvalue weighted by molar-refractivity contribution is 5.40. The first kappa shape index (κ1) is 13.5. The summed E-state index contributed by atoms with van der Waals surface area (Å²) in [5.74, 6) is 1.51. The van der Waals surface area contributed by atoms with Gasteiger partial charge in [-0.05, 0) is 39.7 Å². The lowest BCUT2D eigenvalue weighted by atomic mass is 10.2. The molecule has 5 heteroatoms. The normalized spacial score (nSPS) is 10.8. The Balaban J connectivity index is 2.45. The third-order valence-corrected chi connectivity index (χ3v) is 3.33. The molecule has 0 aliphatic rings. The number of rotatable bonds is 4. The molecule has 19 heavy (non-hydrogen) atoms. The second kappa shape index (κ2) is 5.38. The van der Waals surface area contributed by atoms with Gasteiger partial charge in [0.1, 0.15) is 0 Å². The first-order valence-corrected chi connectivity index (χ1v) is 6.65. The highest BCUT2D eigenvalue weighted by Crippen LogP contribution is 2.18. The van der Waals surface area contributed by atoms with E-state index in [0.29, 0.717) is 5.95 Å². The number of aryl methyl sites for hydroxylation is 2. The number of anilines is 1. The maximum absolute atomic E-state index is 4.57. The zero-order valence-corrected chi connectivity index (χ0v) is 12.3. The van der Waals surface area contributed by atoms with Crippen LogP contribution in [0.5, 0.6) is 0 Å². The Morgan fingerprint density at radius 1 is 1.21 bits per heavy atom. The average molecular weight is 259 g/mol. The van der Waals surface area contributed by atoms with Crippen molar-refractivity contribution in [3.63, 3.8) is 0 Å². The molecule has 5 nitrogen and oxygen atoms in total. The molecule has 102 valence electrons. The summed E-state index contributed by atoms with van der Waals surface area (Å²) >= 11 is 0. The van der Waals surface area contributed by atoms with E-state index in [1.165, 1.54) is 5.56 Å². The maximum atomic E-state index is 4.57. The molecule has 0 fully saturated rings. The van der Waals surface area contributed by atoms with Gasteiger partial charge in [0.25, 0.3) is 0 Å². The molecule has 0 radical (unpaired) electrons. The number of nitrogens with one attached hydrogen (secondary N) is 1. The van der Waals surface area contributed by atoms with Crippen LogP contribution in [0.2, 0.25) is 0 Å². The Morgan fingerprint density at radius 2 is 1.95 bits per heavy atom. The van der Waals surface area contributed by atoms with Crippen molar-refractivity contribution in [2.24, 2.45) is 0 Å². The van der Waals surface area contributed by atoms with Crippen LogP contribution in [0, 0.1) is 27.7 Å². The van der Waals surface area contributed by atoms with E-state index in [-0.39, 0.29) is 0 Å². The molecule has 0 aromatic carbocycles. The molecule has 0 amide bonds. The van der Waals surface area contributed by atoms with Gasteiger partial charge in [-0.15, -0.1) is 0 Å². The summed E-state index contributed by atoms with van der Waals surface area (Å²) in [4.78, 5) is 8.87. The fourth-order valence-electron chi connectivity index (χ4n) is 1.90. The molecule has 0 saturated carbocycles. The van der Waals surface area contributed by atoms with E-state index in [2.05, 4.69) is 41.2 Å². The first-order chi connectivity index (χ1) is 9.04. The Morgan fingerprint density at radius 3 is 2.53 bits per heavy atom. The van der Waals surface area contributed by atoms with E-state index in [1.807, 2.05) is 24.7 Å². The molecule has 0 unspecified atom stereocenters. The van der Waals surface area contributed by atoms with Crippen molar-refractivity contribution in [1.82, 2.24) is 19.7 Å². The van der Waals surface area contributed by atoms with Gasteiger partial charge in [0.2, 0.25) is 5.95 Å². The van der Waals surface area contributed by atoms with Crippen LogP contribution in [0.1, 0.15) is 35.9 Å². The van der Waals surface area contributed by atoms with E-state index in [1.54, 1.807) is 0 Å². The zero-order chi connectivity index (χ0) is 14.0. The topological polar surface area (TPSA) is 55.6 Å². The predicted octanol–water partition coefficient (Wildman–Crippen LogP) is 2.72. The average Bonchev–Trinajstić information content (AvgIpc) is 2.65. The molecule has 0 atom stereocenters. The Labute approximate surface area is 114 Å². The molecule has 1 N–H and O–H groups in total. The lowest BCUT2D eigenvalue weighted by molar-refractivity contribution is 0.791. The van der Waals surface area contributed by atoms with Gasteiger partial charge >= 0.3 is 0 Å². The van der Waals surface area contributed by atoms with Crippen LogP contribution in [-0.2, 0) is 0 Å². The van der Waals surface area contributed by atoms with Crippen LogP contribution >= 0.6 is 0 Å². The van der Waals surface area contributed by atoms with E-state index < -0.39 is 0 Å². The second-order valence-electron chi connectivity index (χ2n) is 4.83. The molecule has 0 spiro atoms. The standard InChI is InChI=1S/C14H21N5/c1-6-7-15-14-16-8-9(2)13(17-14)19-12(5)10(3)11(4)18-19/h8H,6-7H2,1-5H3,(H,15,16,17). The summed E-state index contributed by atoms with van der Waals surface area (Å²) in [5, 5.41) is 7.77. The largest absolute Gasteiger partial charge is 0.354 e. The van der Waals surface area contributed by atoms with E-state index in [9.17, 15) is 0 Å². The molecule has 0 saturated heterocycles. The first-order valence-electron chi connectivity index (χ1n) is 6.65. The van der Waals surface area contributed by atoms with Crippen LogP contribution in [0.4, 0.5) is 5.95 Å². The highest BCUT2D eigenvalue weighted by atomic mass is 15.3. The SMILES string of the molecule is CCCNc1ncc(C)c(-n2nc(C)c(C)c2C)n1. The lowest BCUT2D eigenvalue weighted by Gasteiger charge is -2.09. The molecule has 2 rings (SSSR count). The van der Waals surface area contributed by atoms with E-state index in [0.717, 1.165) is 35.7 Å². The van der Waals surface area contributed by atoms with Crippen molar-refractivity contribution in [3.8, 4) is 5.82 Å². The second-order valence-corrected chi connectivity index (χ2v) is 4.83. The monoisotopic (exact) mass is 259 g/mol.